The van der Waals surface area contributed by atoms with Gasteiger partial charge in [0.1, 0.15) is 10.8 Å². The van der Waals surface area contributed by atoms with Gasteiger partial charge in [0.25, 0.3) is 0 Å². The fraction of sp³-hybridized carbons (Fsp3) is 0.143. The summed E-state index contributed by atoms with van der Waals surface area (Å²) in [6, 6.07) is 12.0. The molecule has 1 heterocycles. The molecule has 0 atom stereocenters. The van der Waals surface area contributed by atoms with Crippen LogP contribution in [0.3, 0.4) is 0 Å². The average molecular weight is 257 g/mol. The average Bonchev–Trinajstić information content (AvgIpc) is 2.38. The van der Waals surface area contributed by atoms with Gasteiger partial charge < -0.3 is 11.1 Å². The largest absolute Gasteiger partial charge is 0.389 e. The van der Waals surface area contributed by atoms with E-state index in [4.69, 9.17) is 18.0 Å². The number of nitrogens with two attached hydrogens (primary N) is 1. The number of nitrogens with zero attached hydrogens (tertiary/aromatic N) is 1. The number of thiocarbonyl (C=S) groups is 1. The Morgan fingerprint density at radius 2 is 2.06 bits per heavy atom. The summed E-state index contributed by atoms with van der Waals surface area (Å²) in [6.07, 6.45) is 1.68. The topological polar surface area (TPSA) is 50.9 Å². The molecule has 0 unspecified atom stereocenters. The normalized spacial score (nSPS) is 10.1. The number of hydrogen-bond donors (Lipinski definition) is 2. The molecule has 0 saturated carbocycles. The van der Waals surface area contributed by atoms with Crippen molar-refractivity contribution in [1.29, 1.82) is 0 Å². The van der Waals surface area contributed by atoms with Gasteiger partial charge in [0, 0.05) is 18.3 Å². The second kappa shape index (κ2) is 5.60. The van der Waals surface area contributed by atoms with Crippen molar-refractivity contribution in [3.8, 4) is 0 Å². The monoisotopic (exact) mass is 257 g/mol. The van der Waals surface area contributed by atoms with E-state index in [1.807, 2.05) is 24.3 Å². The third kappa shape index (κ3) is 3.05. The zero-order valence-corrected chi connectivity index (χ0v) is 11.0. The van der Waals surface area contributed by atoms with Crippen molar-refractivity contribution in [3.05, 3.63) is 59.3 Å². The lowest BCUT2D eigenvalue weighted by Gasteiger charge is -2.08. The molecule has 0 fully saturated rings. The van der Waals surface area contributed by atoms with E-state index in [0.717, 1.165) is 17.9 Å². The van der Waals surface area contributed by atoms with Crippen molar-refractivity contribution in [2.45, 2.75) is 13.5 Å². The Balaban J connectivity index is 2.02. The lowest BCUT2D eigenvalue weighted by atomic mass is 10.1. The van der Waals surface area contributed by atoms with Crippen LogP contribution in [0.15, 0.2) is 42.6 Å². The molecule has 0 amide bonds. The molecule has 0 aliphatic rings. The Bertz CT molecular complexity index is 549. The molecule has 0 aliphatic heterocycles. The van der Waals surface area contributed by atoms with Crippen molar-refractivity contribution in [3.63, 3.8) is 0 Å². The maximum absolute atomic E-state index is 5.52. The second-order valence-corrected chi connectivity index (χ2v) is 4.52. The molecule has 0 spiro atoms. The van der Waals surface area contributed by atoms with Gasteiger partial charge >= 0.3 is 0 Å². The van der Waals surface area contributed by atoms with E-state index in [9.17, 15) is 0 Å². The van der Waals surface area contributed by atoms with Crippen molar-refractivity contribution >= 4 is 23.0 Å². The molecule has 3 N–H and O–H groups in total. The zero-order valence-electron chi connectivity index (χ0n) is 10.2. The Morgan fingerprint density at radius 3 is 2.67 bits per heavy atom. The summed E-state index contributed by atoms with van der Waals surface area (Å²) < 4.78 is 0. The first-order chi connectivity index (χ1) is 8.66. The molecular formula is C14H15N3S. The van der Waals surface area contributed by atoms with E-state index in [-0.39, 0.29) is 0 Å². The van der Waals surface area contributed by atoms with Crippen LogP contribution < -0.4 is 11.1 Å². The van der Waals surface area contributed by atoms with Gasteiger partial charge in [-0.3, -0.25) is 0 Å². The van der Waals surface area contributed by atoms with Gasteiger partial charge in [-0.25, -0.2) is 4.98 Å². The molecule has 1 aromatic carbocycles. The molecule has 0 aliphatic carbocycles. The van der Waals surface area contributed by atoms with E-state index in [2.05, 4.69) is 29.4 Å². The zero-order chi connectivity index (χ0) is 13.0. The summed E-state index contributed by atoms with van der Waals surface area (Å²) in [5.74, 6) is 0.818. The molecule has 18 heavy (non-hydrogen) atoms. The predicted molar refractivity (Wildman–Crippen MR) is 78.6 cm³/mol. The summed E-state index contributed by atoms with van der Waals surface area (Å²) >= 11 is 4.88. The lowest BCUT2D eigenvalue weighted by molar-refractivity contribution is 1.09. The number of hydrogen-bond acceptors (Lipinski definition) is 3. The number of anilines is 1. The predicted octanol–water partition coefficient (Wildman–Crippen LogP) is 2.64. The molecule has 0 bridgehead atoms. The summed E-state index contributed by atoms with van der Waals surface area (Å²) in [4.78, 5) is 4.63. The highest BCUT2D eigenvalue weighted by Gasteiger charge is 2.00. The lowest BCUT2D eigenvalue weighted by Crippen LogP contribution is -2.10. The highest BCUT2D eigenvalue weighted by molar-refractivity contribution is 7.80. The minimum absolute atomic E-state index is 0.368. The molecule has 3 nitrogen and oxygen atoms in total. The van der Waals surface area contributed by atoms with Crippen LogP contribution in [0.5, 0.6) is 0 Å². The number of aryl methyl sites for hydroxylation is 1. The van der Waals surface area contributed by atoms with Crippen LogP contribution in [0.25, 0.3) is 0 Å². The van der Waals surface area contributed by atoms with Crippen LogP contribution in [0, 0.1) is 6.92 Å². The molecule has 2 rings (SSSR count). The maximum atomic E-state index is 5.52. The summed E-state index contributed by atoms with van der Waals surface area (Å²) in [7, 11) is 0. The Hall–Kier alpha value is -1.94. The van der Waals surface area contributed by atoms with Gasteiger partial charge in [-0.1, -0.05) is 36.5 Å². The van der Waals surface area contributed by atoms with Gasteiger partial charge in [-0.15, -0.1) is 0 Å². The van der Waals surface area contributed by atoms with Gasteiger partial charge in [0.15, 0.2) is 0 Å². The number of benzene rings is 1. The van der Waals surface area contributed by atoms with Gasteiger partial charge in [0.2, 0.25) is 0 Å². The Morgan fingerprint density at radius 1 is 1.28 bits per heavy atom. The second-order valence-electron chi connectivity index (χ2n) is 4.08. The van der Waals surface area contributed by atoms with Gasteiger partial charge in [-0.2, -0.15) is 0 Å². The van der Waals surface area contributed by atoms with E-state index < -0.39 is 0 Å². The molecule has 4 heteroatoms. The highest BCUT2D eigenvalue weighted by atomic mass is 32.1. The first kappa shape index (κ1) is 12.5. The fourth-order valence-corrected chi connectivity index (χ4v) is 1.76. The van der Waals surface area contributed by atoms with E-state index >= 15 is 0 Å². The van der Waals surface area contributed by atoms with Crippen LogP contribution in [0.4, 0.5) is 5.82 Å². The molecular weight excluding hydrogens is 242 g/mol. The van der Waals surface area contributed by atoms with Crippen LogP contribution in [0.1, 0.15) is 16.7 Å². The maximum Gasteiger partial charge on any atom is 0.126 e. The molecule has 1 aromatic heterocycles. The minimum Gasteiger partial charge on any atom is -0.389 e. The summed E-state index contributed by atoms with van der Waals surface area (Å²) in [6.45, 7) is 2.85. The van der Waals surface area contributed by atoms with E-state index in [1.54, 1.807) is 6.20 Å². The summed E-state index contributed by atoms with van der Waals surface area (Å²) in [5, 5.41) is 3.27. The van der Waals surface area contributed by atoms with Crippen LogP contribution in [-0.4, -0.2) is 9.97 Å². The number of nitrogens with one attached hydrogen (secondary N) is 1. The Labute approximate surface area is 112 Å². The number of pyridine rings is 1. The number of aromatic nitrogens is 1. The SMILES string of the molecule is Cc1ccccc1CNc1ccc(C(N)=S)cn1. The molecule has 92 valence electrons. The standard InChI is InChI=1S/C14H15N3S/c1-10-4-2-3-5-11(10)8-16-13-7-6-12(9-17-13)14(15)18/h2-7,9H,8H2,1H3,(H2,15,18)(H,16,17). The van der Waals surface area contributed by atoms with Crippen molar-refractivity contribution < 1.29 is 0 Å². The van der Waals surface area contributed by atoms with Crippen molar-refractivity contribution in [2.24, 2.45) is 5.73 Å². The van der Waals surface area contributed by atoms with Gasteiger partial charge in [-0.05, 0) is 30.2 Å². The first-order valence-electron chi connectivity index (χ1n) is 5.71. The molecule has 0 saturated heterocycles. The highest BCUT2D eigenvalue weighted by Crippen LogP contribution is 2.10. The number of rotatable bonds is 4. The first-order valence-corrected chi connectivity index (χ1v) is 6.12. The Kier molecular flexibility index (Phi) is 3.89. The third-order valence-electron chi connectivity index (χ3n) is 2.77. The van der Waals surface area contributed by atoms with Crippen molar-refractivity contribution in [1.82, 2.24) is 4.98 Å². The van der Waals surface area contributed by atoms with Crippen LogP contribution in [0.2, 0.25) is 0 Å². The summed E-state index contributed by atoms with van der Waals surface area (Å²) in [5.41, 5.74) is 8.83. The minimum atomic E-state index is 0.368. The van der Waals surface area contributed by atoms with E-state index in [1.165, 1.54) is 11.1 Å². The third-order valence-corrected chi connectivity index (χ3v) is 3.00. The molecule has 2 aromatic rings. The van der Waals surface area contributed by atoms with Gasteiger partial charge in [0.05, 0.1) is 0 Å². The van der Waals surface area contributed by atoms with E-state index in [0.29, 0.717) is 4.99 Å². The van der Waals surface area contributed by atoms with Crippen LogP contribution >= 0.6 is 12.2 Å². The quantitative estimate of drug-likeness (QED) is 0.827. The fourth-order valence-electron chi connectivity index (χ4n) is 1.64. The molecule has 0 radical (unpaired) electrons. The van der Waals surface area contributed by atoms with Crippen molar-refractivity contribution in [2.75, 3.05) is 5.32 Å². The van der Waals surface area contributed by atoms with Crippen LogP contribution in [-0.2, 0) is 6.54 Å². The smallest absolute Gasteiger partial charge is 0.126 e.